The van der Waals surface area contributed by atoms with Gasteiger partial charge in [-0.3, -0.25) is 9.48 Å². The van der Waals surface area contributed by atoms with Gasteiger partial charge in [0, 0.05) is 20.0 Å². The number of hydrogen-bond donors (Lipinski definition) is 3. The van der Waals surface area contributed by atoms with Crippen LogP contribution in [0.1, 0.15) is 16.2 Å². The highest BCUT2D eigenvalue weighted by Crippen LogP contribution is 2.23. The van der Waals surface area contributed by atoms with Crippen LogP contribution in [0.2, 0.25) is 0 Å². The molecule has 1 aromatic carbocycles. The highest BCUT2D eigenvalue weighted by atomic mass is 16.3. The Morgan fingerprint density at radius 2 is 2.32 bits per heavy atom. The maximum atomic E-state index is 11.8. The molecule has 0 spiro atoms. The van der Waals surface area contributed by atoms with Crippen LogP contribution in [-0.4, -0.2) is 32.3 Å². The van der Waals surface area contributed by atoms with Gasteiger partial charge in [-0.15, -0.1) is 0 Å². The van der Waals surface area contributed by atoms with Crippen LogP contribution >= 0.6 is 0 Å². The Balaban J connectivity index is 1.93. The standard InChI is InChI=1S/C12H15N5O2/c1-17-7-15-10(16-17)5-6-14-12(19)8-3-2-4-9(13)11(8)18/h2-4,7,18H,5-6,13H2,1H3,(H,14,19). The predicted octanol–water partition coefficient (Wildman–Crippen LogP) is 0.0754. The van der Waals surface area contributed by atoms with E-state index in [2.05, 4.69) is 15.4 Å². The minimum Gasteiger partial charge on any atom is -0.505 e. The fourth-order valence-electron chi connectivity index (χ4n) is 1.63. The molecule has 1 heterocycles. The van der Waals surface area contributed by atoms with Gasteiger partial charge in [0.25, 0.3) is 5.91 Å². The number of aryl methyl sites for hydroxylation is 1. The molecule has 4 N–H and O–H groups in total. The third-order valence-electron chi connectivity index (χ3n) is 2.59. The summed E-state index contributed by atoms with van der Waals surface area (Å²) in [5, 5.41) is 16.5. The third kappa shape index (κ3) is 3.01. The molecule has 0 atom stereocenters. The number of hydrogen-bond acceptors (Lipinski definition) is 5. The van der Waals surface area contributed by atoms with Crippen LogP contribution in [0.25, 0.3) is 0 Å². The lowest BCUT2D eigenvalue weighted by Crippen LogP contribution is -2.26. The summed E-state index contributed by atoms with van der Waals surface area (Å²) in [5.41, 5.74) is 5.87. The monoisotopic (exact) mass is 261 g/mol. The van der Waals surface area contributed by atoms with Gasteiger partial charge in [-0.2, -0.15) is 5.10 Å². The van der Waals surface area contributed by atoms with Crippen molar-refractivity contribution in [1.29, 1.82) is 0 Å². The SMILES string of the molecule is Cn1cnc(CCNC(=O)c2cccc(N)c2O)n1. The number of nitrogens with zero attached hydrogens (tertiary/aromatic N) is 3. The van der Waals surface area contributed by atoms with Gasteiger partial charge >= 0.3 is 0 Å². The maximum absolute atomic E-state index is 11.8. The summed E-state index contributed by atoms with van der Waals surface area (Å²) in [5.74, 6) is 0.0799. The Morgan fingerprint density at radius 1 is 1.53 bits per heavy atom. The molecule has 0 unspecified atom stereocenters. The number of benzene rings is 1. The third-order valence-corrected chi connectivity index (χ3v) is 2.59. The summed E-state index contributed by atoms with van der Waals surface area (Å²) in [6.45, 7) is 0.386. The Morgan fingerprint density at radius 3 is 3.00 bits per heavy atom. The molecule has 2 aromatic rings. The highest BCUT2D eigenvalue weighted by molar-refractivity contribution is 5.98. The zero-order valence-electron chi connectivity index (χ0n) is 10.5. The summed E-state index contributed by atoms with van der Waals surface area (Å²) in [6, 6.07) is 4.66. The average molecular weight is 261 g/mol. The van der Waals surface area contributed by atoms with Gasteiger partial charge in [-0.1, -0.05) is 6.07 Å². The van der Waals surface area contributed by atoms with Gasteiger partial charge in [-0.05, 0) is 12.1 Å². The van der Waals surface area contributed by atoms with Crippen LogP contribution in [-0.2, 0) is 13.5 Å². The van der Waals surface area contributed by atoms with E-state index < -0.39 is 0 Å². The van der Waals surface area contributed by atoms with E-state index in [0.717, 1.165) is 0 Å². The van der Waals surface area contributed by atoms with Crippen molar-refractivity contribution in [2.45, 2.75) is 6.42 Å². The van der Waals surface area contributed by atoms with E-state index in [1.54, 1.807) is 24.1 Å². The van der Waals surface area contributed by atoms with E-state index in [0.29, 0.717) is 18.8 Å². The van der Waals surface area contributed by atoms with Gasteiger partial charge in [0.2, 0.25) is 0 Å². The number of phenols is 1. The second-order valence-electron chi connectivity index (χ2n) is 4.08. The number of nitrogens with two attached hydrogens (primary N) is 1. The Hall–Kier alpha value is -2.57. The largest absolute Gasteiger partial charge is 0.505 e. The van der Waals surface area contributed by atoms with Crippen molar-refractivity contribution >= 4 is 11.6 Å². The lowest BCUT2D eigenvalue weighted by molar-refractivity contribution is 0.0951. The van der Waals surface area contributed by atoms with Crippen LogP contribution < -0.4 is 11.1 Å². The van der Waals surface area contributed by atoms with E-state index >= 15 is 0 Å². The number of nitrogens with one attached hydrogen (secondary N) is 1. The van der Waals surface area contributed by atoms with Crippen molar-refractivity contribution in [3.05, 3.63) is 35.9 Å². The van der Waals surface area contributed by atoms with E-state index in [1.807, 2.05) is 0 Å². The number of nitrogen functional groups attached to an aromatic ring is 1. The van der Waals surface area contributed by atoms with Gasteiger partial charge in [0.1, 0.15) is 6.33 Å². The van der Waals surface area contributed by atoms with Crippen molar-refractivity contribution < 1.29 is 9.90 Å². The van der Waals surface area contributed by atoms with E-state index in [9.17, 15) is 9.90 Å². The van der Waals surface area contributed by atoms with Crippen LogP contribution in [0.4, 0.5) is 5.69 Å². The fourth-order valence-corrected chi connectivity index (χ4v) is 1.63. The number of phenolic OH excluding ortho intramolecular Hbond substituents is 1. The Labute approximate surface area is 110 Å². The number of anilines is 1. The van der Waals surface area contributed by atoms with Crippen molar-refractivity contribution in [3.8, 4) is 5.75 Å². The zero-order chi connectivity index (χ0) is 13.8. The molecule has 7 nitrogen and oxygen atoms in total. The lowest BCUT2D eigenvalue weighted by Gasteiger charge is -2.07. The molecule has 0 saturated heterocycles. The number of amides is 1. The molecule has 1 aromatic heterocycles. The smallest absolute Gasteiger partial charge is 0.255 e. The Kier molecular flexibility index (Phi) is 3.65. The first-order chi connectivity index (χ1) is 9.08. The highest BCUT2D eigenvalue weighted by Gasteiger charge is 2.12. The van der Waals surface area contributed by atoms with Crippen molar-refractivity contribution in [3.63, 3.8) is 0 Å². The minimum atomic E-state index is -0.374. The summed E-state index contributed by atoms with van der Waals surface area (Å²) in [6.07, 6.45) is 2.12. The molecule has 0 radical (unpaired) electrons. The van der Waals surface area contributed by atoms with E-state index in [-0.39, 0.29) is 22.9 Å². The number of aromatic nitrogens is 3. The summed E-state index contributed by atoms with van der Waals surface area (Å²) in [7, 11) is 1.78. The molecule has 100 valence electrons. The van der Waals surface area contributed by atoms with E-state index in [1.165, 1.54) is 12.1 Å². The summed E-state index contributed by atoms with van der Waals surface area (Å²) >= 11 is 0. The summed E-state index contributed by atoms with van der Waals surface area (Å²) < 4.78 is 1.60. The van der Waals surface area contributed by atoms with Crippen LogP contribution in [0.3, 0.4) is 0 Å². The minimum absolute atomic E-state index is 0.161. The normalized spacial score (nSPS) is 10.4. The first-order valence-corrected chi connectivity index (χ1v) is 5.78. The molecule has 2 rings (SSSR count). The number of rotatable bonds is 4. The molecule has 0 fully saturated rings. The molecule has 0 bridgehead atoms. The number of para-hydroxylation sites is 1. The van der Waals surface area contributed by atoms with Gasteiger partial charge in [-0.25, -0.2) is 4.98 Å². The molecular weight excluding hydrogens is 246 g/mol. The topological polar surface area (TPSA) is 106 Å². The molecule has 19 heavy (non-hydrogen) atoms. The number of carbonyl (C=O) groups is 1. The molecule has 0 aliphatic rings. The zero-order valence-corrected chi connectivity index (χ0v) is 10.5. The van der Waals surface area contributed by atoms with E-state index in [4.69, 9.17) is 5.73 Å². The van der Waals surface area contributed by atoms with Crippen LogP contribution in [0.15, 0.2) is 24.5 Å². The molecule has 7 heteroatoms. The van der Waals surface area contributed by atoms with Gasteiger partial charge in [0.15, 0.2) is 11.6 Å². The average Bonchev–Trinajstić information content (AvgIpc) is 2.78. The van der Waals surface area contributed by atoms with Crippen LogP contribution in [0.5, 0.6) is 5.75 Å². The van der Waals surface area contributed by atoms with Crippen molar-refractivity contribution in [1.82, 2.24) is 20.1 Å². The molecule has 0 aliphatic heterocycles. The fraction of sp³-hybridized carbons (Fsp3) is 0.250. The first-order valence-electron chi connectivity index (χ1n) is 5.78. The molecule has 1 amide bonds. The number of carbonyl (C=O) groups excluding carboxylic acids is 1. The first kappa shape index (κ1) is 12.9. The predicted molar refractivity (Wildman–Crippen MR) is 69.6 cm³/mol. The second kappa shape index (κ2) is 5.38. The van der Waals surface area contributed by atoms with Gasteiger partial charge < -0.3 is 16.2 Å². The summed E-state index contributed by atoms with van der Waals surface area (Å²) in [4.78, 5) is 15.9. The number of aromatic hydroxyl groups is 1. The Bertz CT molecular complexity index is 594. The molecule has 0 saturated carbocycles. The molecular formula is C12H15N5O2. The van der Waals surface area contributed by atoms with Crippen molar-refractivity contribution in [2.75, 3.05) is 12.3 Å². The van der Waals surface area contributed by atoms with Crippen molar-refractivity contribution in [2.24, 2.45) is 7.05 Å². The lowest BCUT2D eigenvalue weighted by atomic mass is 10.1. The second-order valence-corrected chi connectivity index (χ2v) is 4.08. The quantitative estimate of drug-likeness (QED) is 0.533. The maximum Gasteiger partial charge on any atom is 0.255 e. The molecule has 0 aliphatic carbocycles. The van der Waals surface area contributed by atoms with Crippen LogP contribution in [0, 0.1) is 0 Å². The van der Waals surface area contributed by atoms with Gasteiger partial charge in [0.05, 0.1) is 11.3 Å².